The third-order valence-corrected chi connectivity index (χ3v) is 5.67. The molecule has 0 spiro atoms. The number of amides is 1. The van der Waals surface area contributed by atoms with Crippen molar-refractivity contribution in [3.63, 3.8) is 0 Å². The lowest BCUT2D eigenvalue weighted by Gasteiger charge is -2.34. The number of carbonyl (C=O) groups excluding carboxylic acids is 1. The zero-order valence-electron chi connectivity index (χ0n) is 14.3. The van der Waals surface area contributed by atoms with Crippen LogP contribution in [0.25, 0.3) is 0 Å². The number of rotatable bonds is 4. The number of nitrogens with zero attached hydrogens (tertiary/aromatic N) is 1. The lowest BCUT2D eigenvalue weighted by molar-refractivity contribution is 0.0655. The first-order chi connectivity index (χ1) is 12.4. The Morgan fingerprint density at radius 2 is 1.88 bits per heavy atom. The second-order valence-corrected chi connectivity index (χ2v) is 7.84. The van der Waals surface area contributed by atoms with Gasteiger partial charge in [0.1, 0.15) is 5.82 Å². The van der Waals surface area contributed by atoms with Gasteiger partial charge in [-0.15, -0.1) is 0 Å². The van der Waals surface area contributed by atoms with Gasteiger partial charge in [0.05, 0.1) is 10.6 Å². The van der Waals surface area contributed by atoms with E-state index < -0.39 is 15.8 Å². The van der Waals surface area contributed by atoms with Crippen molar-refractivity contribution in [3.8, 4) is 0 Å². The fourth-order valence-electron chi connectivity index (χ4n) is 2.83. The van der Waals surface area contributed by atoms with Crippen LogP contribution in [0, 0.1) is 5.82 Å². The molecular weight excluding hydrogens is 357 g/mol. The molecule has 0 bridgehead atoms. The number of anilines is 1. The summed E-state index contributed by atoms with van der Waals surface area (Å²) in [5, 5.41) is 3.22. The summed E-state index contributed by atoms with van der Waals surface area (Å²) in [4.78, 5) is 14.3. The summed E-state index contributed by atoms with van der Waals surface area (Å²) < 4.78 is 40.7. The summed E-state index contributed by atoms with van der Waals surface area (Å²) in [5.41, 5.74) is 0.297. The topological polar surface area (TPSA) is 78.5 Å². The first-order valence-corrected chi connectivity index (χ1v) is 9.76. The molecule has 0 unspecified atom stereocenters. The van der Waals surface area contributed by atoms with Gasteiger partial charge in [-0.3, -0.25) is 9.52 Å². The van der Waals surface area contributed by atoms with Crippen LogP contribution < -0.4 is 10.0 Å². The average molecular weight is 377 g/mol. The molecule has 138 valence electrons. The number of carbonyl (C=O) groups is 1. The van der Waals surface area contributed by atoms with E-state index in [0.717, 1.165) is 13.1 Å². The van der Waals surface area contributed by atoms with Crippen molar-refractivity contribution >= 4 is 21.6 Å². The van der Waals surface area contributed by atoms with Gasteiger partial charge in [-0.2, -0.15) is 0 Å². The Bertz CT molecular complexity index is 900. The third-order valence-electron chi connectivity index (χ3n) is 4.29. The van der Waals surface area contributed by atoms with Gasteiger partial charge in [-0.25, -0.2) is 12.8 Å². The summed E-state index contributed by atoms with van der Waals surface area (Å²) in [7, 11) is -3.94. The SMILES string of the molecule is C[C@H]1CNCCN1C(=O)c1ccc(S(=O)(=O)Nc2ccccc2F)cc1. The Morgan fingerprint density at radius 1 is 1.19 bits per heavy atom. The van der Waals surface area contributed by atoms with E-state index in [9.17, 15) is 17.6 Å². The third kappa shape index (κ3) is 3.86. The maximum absolute atomic E-state index is 13.7. The Balaban J connectivity index is 1.78. The zero-order chi connectivity index (χ0) is 18.7. The highest BCUT2D eigenvalue weighted by molar-refractivity contribution is 7.92. The number of benzene rings is 2. The Morgan fingerprint density at radius 3 is 2.54 bits per heavy atom. The fourth-order valence-corrected chi connectivity index (χ4v) is 3.90. The highest BCUT2D eigenvalue weighted by Gasteiger charge is 2.24. The van der Waals surface area contributed by atoms with Crippen molar-refractivity contribution in [1.29, 1.82) is 0 Å². The zero-order valence-corrected chi connectivity index (χ0v) is 15.1. The predicted molar refractivity (Wildman–Crippen MR) is 97.0 cm³/mol. The average Bonchev–Trinajstić information content (AvgIpc) is 2.63. The van der Waals surface area contributed by atoms with Gasteiger partial charge in [0.2, 0.25) is 0 Å². The molecule has 1 heterocycles. The number of hydrogen-bond donors (Lipinski definition) is 2. The van der Waals surface area contributed by atoms with Crippen molar-refractivity contribution in [2.75, 3.05) is 24.4 Å². The number of hydrogen-bond acceptors (Lipinski definition) is 4. The number of piperazine rings is 1. The Hall–Kier alpha value is -2.45. The van der Waals surface area contributed by atoms with Crippen molar-refractivity contribution < 1.29 is 17.6 Å². The van der Waals surface area contributed by atoms with Gasteiger partial charge in [-0.1, -0.05) is 12.1 Å². The lowest BCUT2D eigenvalue weighted by atomic mass is 10.1. The van der Waals surface area contributed by atoms with Crippen LogP contribution in [0.2, 0.25) is 0 Å². The minimum absolute atomic E-state index is 0.0364. The van der Waals surface area contributed by atoms with Crippen molar-refractivity contribution in [3.05, 3.63) is 59.9 Å². The van der Waals surface area contributed by atoms with E-state index in [0.29, 0.717) is 12.1 Å². The summed E-state index contributed by atoms with van der Waals surface area (Å²) in [6, 6.07) is 11.3. The summed E-state index contributed by atoms with van der Waals surface area (Å²) in [6.45, 7) is 4.02. The van der Waals surface area contributed by atoms with E-state index in [1.165, 1.54) is 48.5 Å². The molecule has 1 aliphatic heterocycles. The molecule has 6 nitrogen and oxygen atoms in total. The van der Waals surface area contributed by atoms with Crippen LogP contribution in [0.15, 0.2) is 53.4 Å². The quantitative estimate of drug-likeness (QED) is 0.855. The monoisotopic (exact) mass is 377 g/mol. The van der Waals surface area contributed by atoms with Crippen molar-refractivity contribution in [2.24, 2.45) is 0 Å². The van der Waals surface area contributed by atoms with E-state index >= 15 is 0 Å². The van der Waals surface area contributed by atoms with Crippen LogP contribution in [-0.2, 0) is 10.0 Å². The number of sulfonamides is 1. The highest BCUT2D eigenvalue weighted by atomic mass is 32.2. The first kappa shape index (κ1) is 18.3. The largest absolute Gasteiger partial charge is 0.333 e. The fraction of sp³-hybridized carbons (Fsp3) is 0.278. The van der Waals surface area contributed by atoms with E-state index in [1.807, 2.05) is 6.92 Å². The molecule has 1 aliphatic rings. The highest BCUT2D eigenvalue weighted by Crippen LogP contribution is 2.20. The molecule has 2 aromatic rings. The Labute approximate surface area is 152 Å². The van der Waals surface area contributed by atoms with Gasteiger partial charge < -0.3 is 10.2 Å². The van der Waals surface area contributed by atoms with E-state index in [-0.39, 0.29) is 22.5 Å². The number of halogens is 1. The molecule has 0 radical (unpaired) electrons. The van der Waals surface area contributed by atoms with Gasteiger partial charge in [0.25, 0.3) is 15.9 Å². The molecular formula is C18H20FN3O3S. The molecule has 2 N–H and O–H groups in total. The van der Waals surface area contributed by atoms with Gasteiger partial charge >= 0.3 is 0 Å². The second kappa shape index (κ2) is 7.43. The van der Waals surface area contributed by atoms with E-state index in [1.54, 1.807) is 4.90 Å². The predicted octanol–water partition coefficient (Wildman–Crippen LogP) is 2.06. The Kier molecular flexibility index (Phi) is 5.24. The van der Waals surface area contributed by atoms with Crippen LogP contribution in [0.4, 0.5) is 10.1 Å². The lowest BCUT2D eigenvalue weighted by Crippen LogP contribution is -2.52. The molecule has 0 saturated carbocycles. The number of para-hydroxylation sites is 1. The molecule has 1 saturated heterocycles. The maximum atomic E-state index is 13.7. The van der Waals surface area contributed by atoms with Crippen LogP contribution in [0.5, 0.6) is 0 Å². The molecule has 26 heavy (non-hydrogen) atoms. The number of nitrogens with one attached hydrogen (secondary N) is 2. The standard InChI is InChI=1S/C18H20FN3O3S/c1-13-12-20-10-11-22(13)18(23)14-6-8-15(9-7-14)26(24,25)21-17-5-3-2-4-16(17)19/h2-9,13,20-21H,10-12H2,1H3/t13-/m0/s1. The van der Waals surface area contributed by atoms with E-state index in [2.05, 4.69) is 10.0 Å². The first-order valence-electron chi connectivity index (χ1n) is 8.27. The van der Waals surface area contributed by atoms with Gasteiger partial charge in [-0.05, 0) is 43.3 Å². The summed E-state index contributed by atoms with van der Waals surface area (Å²) in [6.07, 6.45) is 0. The van der Waals surface area contributed by atoms with Crippen LogP contribution in [0.3, 0.4) is 0 Å². The van der Waals surface area contributed by atoms with Crippen LogP contribution >= 0.6 is 0 Å². The van der Waals surface area contributed by atoms with Gasteiger partial charge in [0, 0.05) is 31.2 Å². The smallest absolute Gasteiger partial charge is 0.261 e. The minimum atomic E-state index is -3.94. The molecule has 3 rings (SSSR count). The molecule has 1 fully saturated rings. The molecule has 1 atom stereocenters. The van der Waals surface area contributed by atoms with Crippen molar-refractivity contribution in [2.45, 2.75) is 17.9 Å². The molecule has 8 heteroatoms. The molecule has 0 aliphatic carbocycles. The summed E-state index contributed by atoms with van der Waals surface area (Å²) in [5.74, 6) is -0.791. The van der Waals surface area contributed by atoms with Crippen LogP contribution in [-0.4, -0.2) is 44.9 Å². The van der Waals surface area contributed by atoms with Crippen LogP contribution in [0.1, 0.15) is 17.3 Å². The normalized spacial score (nSPS) is 17.8. The molecule has 1 amide bonds. The summed E-state index contributed by atoms with van der Waals surface area (Å²) >= 11 is 0. The molecule has 2 aromatic carbocycles. The maximum Gasteiger partial charge on any atom is 0.261 e. The molecule has 0 aromatic heterocycles. The second-order valence-electron chi connectivity index (χ2n) is 6.16. The van der Waals surface area contributed by atoms with Crippen molar-refractivity contribution in [1.82, 2.24) is 10.2 Å². The van der Waals surface area contributed by atoms with Gasteiger partial charge in [0.15, 0.2) is 0 Å². The minimum Gasteiger partial charge on any atom is -0.333 e. The van der Waals surface area contributed by atoms with E-state index in [4.69, 9.17) is 0 Å².